The first-order chi connectivity index (χ1) is 17.1. The van der Waals surface area contributed by atoms with E-state index in [0.29, 0.717) is 23.6 Å². The van der Waals surface area contributed by atoms with Gasteiger partial charge in [0.1, 0.15) is 16.7 Å². The second-order valence-corrected chi connectivity index (χ2v) is 9.76. The minimum atomic E-state index is -1.02. The van der Waals surface area contributed by atoms with Gasteiger partial charge in [-0.15, -0.1) is 0 Å². The molecule has 0 unspecified atom stereocenters. The van der Waals surface area contributed by atoms with Crippen LogP contribution in [0.3, 0.4) is 0 Å². The summed E-state index contributed by atoms with van der Waals surface area (Å²) in [6.07, 6.45) is 0.766. The monoisotopic (exact) mass is 511 g/mol. The van der Waals surface area contributed by atoms with Crippen LogP contribution in [-0.4, -0.2) is 33.5 Å². The van der Waals surface area contributed by atoms with Gasteiger partial charge in [0.25, 0.3) is 11.8 Å². The first-order valence-electron chi connectivity index (χ1n) is 11.5. The summed E-state index contributed by atoms with van der Waals surface area (Å²) < 4.78 is 17.5. The lowest BCUT2D eigenvalue weighted by molar-refractivity contribution is -0.126. The van der Waals surface area contributed by atoms with Crippen LogP contribution in [0.1, 0.15) is 63.2 Å². The Morgan fingerprint density at radius 2 is 1.72 bits per heavy atom. The Kier molecular flexibility index (Phi) is 8.76. The lowest BCUT2D eigenvalue weighted by atomic mass is 10.0. The number of carbonyl (C=O) groups is 3. The van der Waals surface area contributed by atoms with E-state index in [4.69, 9.17) is 11.5 Å². The Bertz CT molecular complexity index is 1230. The SMILES string of the molecule is Cc1ccc([C@@H](C(=O)NCCC(C)C)N(Cc2ccc(F)cc2)C(=O)c2snc(C(N)=O)c2N)cc1. The molecule has 0 saturated carbocycles. The third-order valence-electron chi connectivity index (χ3n) is 5.66. The Balaban J connectivity index is 2.09. The van der Waals surface area contributed by atoms with Gasteiger partial charge in [0.15, 0.2) is 5.69 Å². The molecule has 0 aliphatic carbocycles. The minimum absolute atomic E-state index is 0.00185. The molecule has 0 bridgehead atoms. The minimum Gasteiger partial charge on any atom is -0.395 e. The lowest BCUT2D eigenvalue weighted by Crippen LogP contribution is -2.43. The number of benzene rings is 2. The van der Waals surface area contributed by atoms with Gasteiger partial charge in [0, 0.05) is 13.1 Å². The van der Waals surface area contributed by atoms with Crippen LogP contribution in [0, 0.1) is 18.7 Å². The number of halogens is 1. The van der Waals surface area contributed by atoms with Crippen LogP contribution < -0.4 is 16.8 Å². The van der Waals surface area contributed by atoms with Gasteiger partial charge in [0.2, 0.25) is 5.91 Å². The van der Waals surface area contributed by atoms with Gasteiger partial charge in [-0.05, 0) is 54.1 Å². The molecule has 0 radical (unpaired) electrons. The molecule has 1 heterocycles. The lowest BCUT2D eigenvalue weighted by Gasteiger charge is -2.31. The third-order valence-corrected chi connectivity index (χ3v) is 6.51. The normalized spacial score (nSPS) is 11.8. The summed E-state index contributed by atoms with van der Waals surface area (Å²) in [5.41, 5.74) is 13.3. The molecular weight excluding hydrogens is 481 g/mol. The average Bonchev–Trinajstić information content (AvgIpc) is 3.22. The molecule has 1 aromatic heterocycles. The zero-order valence-electron chi connectivity index (χ0n) is 20.5. The number of nitrogens with zero attached hydrogens (tertiary/aromatic N) is 2. The molecule has 10 heteroatoms. The Labute approximate surface area is 213 Å². The summed E-state index contributed by atoms with van der Waals surface area (Å²) in [6, 6.07) is 11.9. The standard InChI is InChI=1S/C26H30FN5O3S/c1-15(2)12-13-30-25(34)22(18-8-4-16(3)5-9-18)32(14-17-6-10-19(27)11-7-17)26(35)23-20(28)21(24(29)33)31-36-23/h4-11,15,22H,12-14,28H2,1-3H3,(H2,29,33)(H,30,34)/t22-/m0/s1. The molecule has 0 aliphatic rings. The summed E-state index contributed by atoms with van der Waals surface area (Å²) in [6.45, 7) is 6.45. The van der Waals surface area contributed by atoms with Crippen molar-refractivity contribution in [2.24, 2.45) is 11.7 Å². The first kappa shape index (κ1) is 26.8. The van der Waals surface area contributed by atoms with Gasteiger partial charge in [-0.3, -0.25) is 14.4 Å². The van der Waals surface area contributed by atoms with Crippen molar-refractivity contribution in [3.05, 3.63) is 81.6 Å². The molecule has 3 rings (SSSR count). The molecule has 0 fully saturated rings. The van der Waals surface area contributed by atoms with E-state index in [1.807, 2.05) is 19.1 Å². The number of anilines is 1. The number of rotatable bonds is 10. The van der Waals surface area contributed by atoms with Crippen molar-refractivity contribution >= 4 is 34.9 Å². The molecule has 3 amide bonds. The van der Waals surface area contributed by atoms with E-state index < -0.39 is 23.7 Å². The van der Waals surface area contributed by atoms with E-state index in [0.717, 1.165) is 23.5 Å². The van der Waals surface area contributed by atoms with Crippen LogP contribution in [0.25, 0.3) is 0 Å². The smallest absolute Gasteiger partial charge is 0.270 e. The number of nitrogens with two attached hydrogens (primary N) is 2. The second kappa shape index (κ2) is 11.8. The van der Waals surface area contributed by atoms with Crippen LogP contribution in [0.5, 0.6) is 0 Å². The first-order valence-corrected chi connectivity index (χ1v) is 12.3. The number of aryl methyl sites for hydroxylation is 1. The predicted molar refractivity (Wildman–Crippen MR) is 138 cm³/mol. The molecule has 8 nitrogen and oxygen atoms in total. The van der Waals surface area contributed by atoms with Crippen LogP contribution in [0.15, 0.2) is 48.5 Å². The molecule has 0 aliphatic heterocycles. The van der Waals surface area contributed by atoms with Gasteiger partial charge >= 0.3 is 0 Å². The fraction of sp³-hybridized carbons (Fsp3) is 0.308. The van der Waals surface area contributed by atoms with Crippen molar-refractivity contribution in [3.8, 4) is 0 Å². The summed E-state index contributed by atoms with van der Waals surface area (Å²) >= 11 is 0.744. The fourth-order valence-electron chi connectivity index (χ4n) is 3.63. The third kappa shape index (κ3) is 6.45. The quantitative estimate of drug-likeness (QED) is 0.381. The van der Waals surface area contributed by atoms with Crippen molar-refractivity contribution in [1.82, 2.24) is 14.6 Å². The molecule has 1 atom stereocenters. The van der Waals surface area contributed by atoms with Crippen LogP contribution >= 0.6 is 11.5 Å². The second-order valence-electron chi connectivity index (χ2n) is 8.98. The van der Waals surface area contributed by atoms with Crippen molar-refractivity contribution in [2.75, 3.05) is 12.3 Å². The fourth-order valence-corrected chi connectivity index (χ4v) is 4.39. The van der Waals surface area contributed by atoms with Crippen molar-refractivity contribution in [1.29, 1.82) is 0 Å². The highest BCUT2D eigenvalue weighted by molar-refractivity contribution is 7.09. The van der Waals surface area contributed by atoms with Crippen molar-refractivity contribution in [2.45, 2.75) is 39.8 Å². The van der Waals surface area contributed by atoms with Crippen molar-refractivity contribution < 1.29 is 18.8 Å². The largest absolute Gasteiger partial charge is 0.395 e. The molecule has 3 aromatic rings. The maximum absolute atomic E-state index is 13.9. The topological polar surface area (TPSA) is 131 Å². The van der Waals surface area contributed by atoms with E-state index in [-0.39, 0.29) is 28.7 Å². The highest BCUT2D eigenvalue weighted by atomic mass is 32.1. The Morgan fingerprint density at radius 1 is 1.08 bits per heavy atom. The molecule has 5 N–H and O–H groups in total. The molecule has 36 heavy (non-hydrogen) atoms. The molecular formula is C26H30FN5O3S. The number of aromatic nitrogens is 1. The number of hydrogen-bond acceptors (Lipinski definition) is 6. The molecule has 0 saturated heterocycles. The maximum atomic E-state index is 13.9. The van der Waals surface area contributed by atoms with E-state index >= 15 is 0 Å². The van der Waals surface area contributed by atoms with Gasteiger partial charge in [0.05, 0.1) is 5.69 Å². The van der Waals surface area contributed by atoms with Gasteiger partial charge < -0.3 is 21.7 Å². The van der Waals surface area contributed by atoms with E-state index in [1.165, 1.54) is 17.0 Å². The Morgan fingerprint density at radius 3 is 2.28 bits per heavy atom. The summed E-state index contributed by atoms with van der Waals surface area (Å²) in [7, 11) is 0. The zero-order valence-corrected chi connectivity index (χ0v) is 21.3. The summed E-state index contributed by atoms with van der Waals surface area (Å²) in [5, 5.41) is 2.94. The van der Waals surface area contributed by atoms with E-state index in [2.05, 4.69) is 23.5 Å². The number of amides is 3. The van der Waals surface area contributed by atoms with Crippen LogP contribution in [0.2, 0.25) is 0 Å². The maximum Gasteiger partial charge on any atom is 0.270 e. The van der Waals surface area contributed by atoms with Crippen molar-refractivity contribution in [3.63, 3.8) is 0 Å². The van der Waals surface area contributed by atoms with Crippen LogP contribution in [-0.2, 0) is 11.3 Å². The summed E-state index contributed by atoms with van der Waals surface area (Å²) in [4.78, 5) is 40.4. The predicted octanol–water partition coefficient (Wildman–Crippen LogP) is 3.82. The molecule has 0 spiro atoms. The highest BCUT2D eigenvalue weighted by Crippen LogP contribution is 2.30. The van der Waals surface area contributed by atoms with E-state index in [1.54, 1.807) is 24.3 Å². The number of primary amides is 1. The summed E-state index contributed by atoms with van der Waals surface area (Å²) in [5.74, 6) is -1.85. The average molecular weight is 512 g/mol. The Hall–Kier alpha value is -3.79. The number of carbonyl (C=O) groups excluding carboxylic acids is 3. The zero-order chi connectivity index (χ0) is 26.4. The van der Waals surface area contributed by atoms with E-state index in [9.17, 15) is 18.8 Å². The van der Waals surface area contributed by atoms with Gasteiger partial charge in [-0.1, -0.05) is 55.8 Å². The molecule has 190 valence electrons. The van der Waals surface area contributed by atoms with Gasteiger partial charge in [-0.2, -0.15) is 4.37 Å². The van der Waals surface area contributed by atoms with Gasteiger partial charge in [-0.25, -0.2) is 4.39 Å². The number of hydrogen-bond donors (Lipinski definition) is 3. The van der Waals surface area contributed by atoms with Crippen LogP contribution in [0.4, 0.5) is 10.1 Å². The highest BCUT2D eigenvalue weighted by Gasteiger charge is 2.34. The molecule has 2 aromatic carbocycles. The number of nitrogens with one attached hydrogen (secondary N) is 1. The number of nitrogen functional groups attached to an aromatic ring is 1.